The number of aliphatic hydroxyl groups is 1. The number of terminal acetylenes is 2. The second kappa shape index (κ2) is 33.8. The molecule has 3 rings (SSSR count). The Morgan fingerprint density at radius 1 is 1.02 bits per heavy atom. The molecule has 1 saturated carbocycles. The number of aliphatic hydroxyl groups excluding tert-OH is 1. The van der Waals surface area contributed by atoms with Gasteiger partial charge < -0.3 is 30.1 Å². The van der Waals surface area contributed by atoms with Crippen LogP contribution in [0.1, 0.15) is 95.4 Å². The van der Waals surface area contributed by atoms with Crippen molar-refractivity contribution in [2.24, 2.45) is 5.92 Å². The van der Waals surface area contributed by atoms with E-state index in [0.717, 1.165) is 18.1 Å². The first-order valence-corrected chi connectivity index (χ1v) is 15.2. The number of carbonyl (C=O) groups excluding carboxylic acids is 3. The Labute approximate surface area is 269 Å². The van der Waals surface area contributed by atoms with E-state index in [1.54, 1.807) is 32.8 Å². The summed E-state index contributed by atoms with van der Waals surface area (Å²) in [5.74, 6) is 1.54. The van der Waals surface area contributed by atoms with Crippen LogP contribution in [0.5, 0.6) is 5.75 Å². The number of carbonyl (C=O) groups is 3. The predicted octanol–water partition coefficient (Wildman–Crippen LogP) is 6.30. The number of benzene rings is 1. The number of nitrogens with one attached hydrogen (secondary N) is 2. The van der Waals surface area contributed by atoms with Crippen molar-refractivity contribution >= 4 is 18.4 Å². The van der Waals surface area contributed by atoms with Gasteiger partial charge in [0.25, 0.3) is 0 Å². The molecule has 3 amide bonds. The number of methoxy groups -OCH3 is 1. The van der Waals surface area contributed by atoms with E-state index in [9.17, 15) is 19.5 Å². The average Bonchev–Trinajstić information content (AvgIpc) is 3.76. The van der Waals surface area contributed by atoms with Crippen molar-refractivity contribution in [1.29, 1.82) is 0 Å². The SMILES string of the molecule is C#C.C#C.CC.CC.CC(C)C.COc1ccccc1.C[C@@H]1C[C@H](O)CN1C(=O)CNC(=O)OC(C)(C)C.O=CNC1CC1. The smallest absolute Gasteiger partial charge is 0.408 e. The van der Waals surface area contributed by atoms with Crippen molar-refractivity contribution in [1.82, 2.24) is 15.5 Å². The highest BCUT2D eigenvalue weighted by Gasteiger charge is 2.31. The highest BCUT2D eigenvalue weighted by molar-refractivity contribution is 5.82. The third-order valence-electron chi connectivity index (χ3n) is 4.52. The molecule has 1 aromatic carbocycles. The first kappa shape index (κ1) is 50.0. The van der Waals surface area contributed by atoms with Crippen LogP contribution in [-0.2, 0) is 14.3 Å². The van der Waals surface area contributed by atoms with Crippen LogP contribution in [0.15, 0.2) is 30.3 Å². The van der Waals surface area contributed by atoms with E-state index in [0.29, 0.717) is 19.0 Å². The maximum atomic E-state index is 11.8. The molecule has 2 atom stereocenters. The lowest BCUT2D eigenvalue weighted by molar-refractivity contribution is -0.131. The summed E-state index contributed by atoms with van der Waals surface area (Å²) in [6, 6.07) is 10.2. The van der Waals surface area contributed by atoms with Crippen LogP contribution in [0.25, 0.3) is 0 Å². The van der Waals surface area contributed by atoms with Crippen LogP contribution in [0, 0.1) is 31.6 Å². The normalized spacial score (nSPS) is 15.3. The Balaban J connectivity index is -0.000000162. The number of hydrogen-bond donors (Lipinski definition) is 3. The number of β-amino-alcohol motifs (C(OH)–C–C–N with tert-alkyl or cyclic N) is 1. The van der Waals surface area contributed by atoms with E-state index >= 15 is 0 Å². The maximum absolute atomic E-state index is 11.8. The monoisotopic (exact) mass is 621 g/mol. The molecule has 0 bridgehead atoms. The minimum Gasteiger partial charge on any atom is -0.497 e. The number of rotatable bonds is 5. The number of hydrogen-bond acceptors (Lipinski definition) is 6. The van der Waals surface area contributed by atoms with E-state index < -0.39 is 17.8 Å². The van der Waals surface area contributed by atoms with Gasteiger partial charge in [0.15, 0.2) is 0 Å². The van der Waals surface area contributed by atoms with Crippen molar-refractivity contribution < 1.29 is 29.0 Å². The first-order chi connectivity index (χ1) is 20.8. The van der Waals surface area contributed by atoms with Crippen LogP contribution < -0.4 is 15.4 Å². The second-order valence-corrected chi connectivity index (χ2v) is 10.4. The van der Waals surface area contributed by atoms with Crippen LogP contribution in [0.2, 0.25) is 0 Å². The fourth-order valence-electron chi connectivity index (χ4n) is 2.82. The summed E-state index contributed by atoms with van der Waals surface area (Å²) in [4.78, 5) is 34.3. The molecule has 9 nitrogen and oxygen atoms in total. The zero-order valence-corrected chi connectivity index (χ0v) is 29.6. The van der Waals surface area contributed by atoms with Gasteiger partial charge in [-0.3, -0.25) is 9.59 Å². The van der Waals surface area contributed by atoms with Crippen LogP contribution in [0.4, 0.5) is 4.79 Å². The Morgan fingerprint density at radius 2 is 1.48 bits per heavy atom. The molecule has 1 aliphatic heterocycles. The lowest BCUT2D eigenvalue weighted by Crippen LogP contribution is -2.43. The number of amides is 3. The summed E-state index contributed by atoms with van der Waals surface area (Å²) in [6.45, 7) is 21.9. The van der Waals surface area contributed by atoms with Gasteiger partial charge in [0.05, 0.1) is 13.2 Å². The summed E-state index contributed by atoms with van der Waals surface area (Å²) in [7, 11) is 1.66. The van der Waals surface area contributed by atoms with Gasteiger partial charge in [-0.25, -0.2) is 4.79 Å². The fraction of sp³-hybridized carbons (Fsp3) is 0.629. The third-order valence-corrected chi connectivity index (χ3v) is 4.52. The average molecular weight is 622 g/mol. The Kier molecular flexibility index (Phi) is 38.4. The van der Waals surface area contributed by atoms with Crippen LogP contribution in [0.3, 0.4) is 0 Å². The third kappa shape index (κ3) is 36.3. The standard InChI is InChI=1S/C12H22N2O4.C7H8O.C4H7NO.C4H10.2C2H6.2C2H2/c1-8-5-9(15)7-14(8)10(16)6-13-11(17)18-12(2,3)4;1-8-7-5-3-2-4-6-7;6-3-5-4-1-2-4;1-4(2)3;4*1-2/h8-9,15H,5-7H2,1-4H3,(H,13,17);2-6H,1H3;3-4H,1-2H2,(H,5,6);4H,1-3H3;2*1-2H3;2*1-2H/t8-,9+;;;;;;;/m1......./s1. The van der Waals surface area contributed by atoms with Gasteiger partial charge in [0, 0.05) is 18.6 Å². The summed E-state index contributed by atoms with van der Waals surface area (Å²) in [5, 5.41) is 14.5. The molecule has 9 heteroatoms. The minimum absolute atomic E-state index is 0.00735. The van der Waals surface area contributed by atoms with Crippen molar-refractivity contribution in [2.75, 3.05) is 20.2 Å². The van der Waals surface area contributed by atoms with Crippen molar-refractivity contribution in [3.05, 3.63) is 30.3 Å². The van der Waals surface area contributed by atoms with Gasteiger partial charge >= 0.3 is 6.09 Å². The first-order valence-electron chi connectivity index (χ1n) is 15.2. The Hall–Kier alpha value is -3.69. The summed E-state index contributed by atoms with van der Waals surface area (Å²) in [6.07, 6.45) is 18.6. The molecule has 0 spiro atoms. The molecule has 254 valence electrons. The molecule has 1 heterocycles. The van der Waals surface area contributed by atoms with E-state index in [1.165, 1.54) is 12.8 Å². The molecule has 1 aromatic rings. The molecular formula is C35H63N3O6. The summed E-state index contributed by atoms with van der Waals surface area (Å²) < 4.78 is 9.94. The van der Waals surface area contributed by atoms with Gasteiger partial charge in [-0.15, -0.1) is 25.7 Å². The molecule has 0 radical (unpaired) electrons. The summed E-state index contributed by atoms with van der Waals surface area (Å²) in [5.41, 5.74) is -0.579. The van der Waals surface area contributed by atoms with Crippen LogP contribution in [-0.4, -0.2) is 72.4 Å². The maximum Gasteiger partial charge on any atom is 0.408 e. The molecule has 1 saturated heterocycles. The molecule has 2 fully saturated rings. The van der Waals surface area contributed by atoms with Crippen molar-refractivity contribution in [3.63, 3.8) is 0 Å². The molecular weight excluding hydrogens is 558 g/mol. The molecule has 2 aliphatic rings. The highest BCUT2D eigenvalue weighted by Crippen LogP contribution is 2.17. The molecule has 0 aromatic heterocycles. The topological polar surface area (TPSA) is 117 Å². The van der Waals surface area contributed by atoms with Gasteiger partial charge in [0.1, 0.15) is 17.9 Å². The van der Waals surface area contributed by atoms with Gasteiger partial charge in [-0.1, -0.05) is 66.7 Å². The fourth-order valence-corrected chi connectivity index (χ4v) is 2.82. The highest BCUT2D eigenvalue weighted by atomic mass is 16.6. The number of nitrogens with zero attached hydrogens (tertiary/aromatic N) is 1. The predicted molar refractivity (Wildman–Crippen MR) is 184 cm³/mol. The molecule has 44 heavy (non-hydrogen) atoms. The van der Waals surface area contributed by atoms with Crippen LogP contribution >= 0.6 is 0 Å². The number of ether oxygens (including phenoxy) is 2. The van der Waals surface area contributed by atoms with E-state index in [1.807, 2.05) is 65.0 Å². The number of alkyl carbamates (subject to hydrolysis) is 1. The van der Waals surface area contributed by atoms with Crippen molar-refractivity contribution in [2.45, 2.75) is 119 Å². The zero-order valence-electron chi connectivity index (χ0n) is 29.6. The van der Waals surface area contributed by atoms with Gasteiger partial charge in [-0.2, -0.15) is 0 Å². The van der Waals surface area contributed by atoms with Crippen molar-refractivity contribution in [3.8, 4) is 31.4 Å². The molecule has 0 unspecified atom stereocenters. The lowest BCUT2D eigenvalue weighted by atomic mass is 10.2. The molecule has 3 N–H and O–H groups in total. The number of likely N-dealkylation sites (tertiary alicyclic amines) is 1. The second-order valence-electron chi connectivity index (χ2n) is 10.4. The number of para-hydroxylation sites is 1. The minimum atomic E-state index is -0.608. The quantitative estimate of drug-likeness (QED) is 0.263. The zero-order chi connectivity index (χ0) is 35.7. The Morgan fingerprint density at radius 3 is 1.75 bits per heavy atom. The van der Waals surface area contributed by atoms with E-state index in [4.69, 9.17) is 9.47 Å². The summed E-state index contributed by atoms with van der Waals surface area (Å²) >= 11 is 0. The lowest BCUT2D eigenvalue weighted by Gasteiger charge is -2.23. The van der Waals surface area contributed by atoms with E-state index in [2.05, 4.69) is 57.1 Å². The largest absolute Gasteiger partial charge is 0.497 e. The Bertz CT molecular complexity index is 822. The van der Waals surface area contributed by atoms with Gasteiger partial charge in [-0.05, 0) is 65.0 Å². The molecule has 1 aliphatic carbocycles. The van der Waals surface area contributed by atoms with Gasteiger partial charge in [0.2, 0.25) is 12.3 Å². The van der Waals surface area contributed by atoms with E-state index in [-0.39, 0.29) is 18.5 Å².